The summed E-state index contributed by atoms with van der Waals surface area (Å²) in [6.45, 7) is 6.81. The average Bonchev–Trinajstić information content (AvgIpc) is 3.68. The number of anilines is 1. The highest BCUT2D eigenvalue weighted by atomic mass is 19.1. The van der Waals surface area contributed by atoms with Crippen LogP contribution in [-0.4, -0.2) is 76.1 Å². The SMILES string of the molecule is C=C(F)C(=O)N1CCC2[C@H]1CN2c1nc(OCC23CCCN2CCC3)nc2c(F)c(-c3cccc4c3CCCC4)ccc12. The van der Waals surface area contributed by atoms with Gasteiger partial charge in [0.1, 0.15) is 17.9 Å². The maximum Gasteiger partial charge on any atom is 0.319 e. The number of rotatable bonds is 6. The molecule has 1 amide bonds. The van der Waals surface area contributed by atoms with E-state index < -0.39 is 11.7 Å². The second-order valence-electron chi connectivity index (χ2n) is 13.0. The number of aromatic nitrogens is 2. The van der Waals surface area contributed by atoms with Crippen molar-refractivity contribution < 1.29 is 18.3 Å². The molecular weight excluding hydrogens is 548 g/mol. The summed E-state index contributed by atoms with van der Waals surface area (Å²) in [5.74, 6) is -1.34. The number of hydrogen-bond acceptors (Lipinski definition) is 6. The molecule has 4 fully saturated rings. The van der Waals surface area contributed by atoms with E-state index in [0.717, 1.165) is 70.0 Å². The van der Waals surface area contributed by atoms with E-state index in [1.165, 1.54) is 11.1 Å². The Bertz CT molecular complexity index is 1630. The first-order chi connectivity index (χ1) is 20.9. The van der Waals surface area contributed by atoms with Crippen molar-refractivity contribution in [2.24, 2.45) is 0 Å². The number of carbonyl (C=O) groups is 1. The van der Waals surface area contributed by atoms with E-state index in [1.807, 2.05) is 24.3 Å². The van der Waals surface area contributed by atoms with Crippen molar-refractivity contribution in [3.05, 3.63) is 59.7 Å². The van der Waals surface area contributed by atoms with Gasteiger partial charge in [0.15, 0.2) is 11.6 Å². The van der Waals surface area contributed by atoms with Crippen LogP contribution < -0.4 is 9.64 Å². The Labute approximate surface area is 250 Å². The lowest BCUT2D eigenvalue weighted by Crippen LogP contribution is -2.63. The number of amides is 1. The first kappa shape index (κ1) is 27.0. The third-order valence-electron chi connectivity index (χ3n) is 10.8. The fourth-order valence-corrected chi connectivity index (χ4v) is 8.58. The van der Waals surface area contributed by atoms with E-state index in [1.54, 1.807) is 4.90 Å². The Kier molecular flexibility index (Phi) is 6.44. The van der Waals surface area contributed by atoms with E-state index in [0.29, 0.717) is 42.9 Å². The summed E-state index contributed by atoms with van der Waals surface area (Å²) in [6.07, 6.45) is 9.41. The van der Waals surface area contributed by atoms with Gasteiger partial charge in [0, 0.05) is 24.0 Å². The number of likely N-dealkylation sites (tertiary alicyclic amines) is 1. The molecule has 0 bridgehead atoms. The van der Waals surface area contributed by atoms with Crippen molar-refractivity contribution in [3.8, 4) is 17.1 Å². The molecule has 1 unspecified atom stereocenters. The van der Waals surface area contributed by atoms with Gasteiger partial charge in [-0.2, -0.15) is 9.97 Å². The average molecular weight is 586 g/mol. The van der Waals surface area contributed by atoms with Gasteiger partial charge in [-0.05, 0) is 93.6 Å². The normalized spacial score (nSPS) is 24.0. The maximum atomic E-state index is 16.7. The monoisotopic (exact) mass is 585 g/mol. The molecule has 2 aromatic carbocycles. The van der Waals surface area contributed by atoms with Crippen molar-refractivity contribution in [1.82, 2.24) is 19.8 Å². The summed E-state index contributed by atoms with van der Waals surface area (Å²) in [5.41, 5.74) is 4.28. The zero-order chi connectivity index (χ0) is 29.3. The molecule has 8 rings (SSSR count). The summed E-state index contributed by atoms with van der Waals surface area (Å²) in [6, 6.07) is 10.0. The largest absolute Gasteiger partial charge is 0.461 e. The van der Waals surface area contributed by atoms with Gasteiger partial charge in [-0.15, -0.1) is 0 Å². The van der Waals surface area contributed by atoms with Gasteiger partial charge in [-0.3, -0.25) is 9.69 Å². The summed E-state index contributed by atoms with van der Waals surface area (Å²) < 4.78 is 36.7. The molecule has 4 saturated heterocycles. The molecule has 7 nitrogen and oxygen atoms in total. The molecule has 224 valence electrons. The van der Waals surface area contributed by atoms with Gasteiger partial charge in [0.25, 0.3) is 5.91 Å². The van der Waals surface area contributed by atoms with Crippen molar-refractivity contribution in [2.75, 3.05) is 37.7 Å². The minimum atomic E-state index is -0.938. The van der Waals surface area contributed by atoms with Crippen LogP contribution in [0.1, 0.15) is 56.1 Å². The van der Waals surface area contributed by atoms with Gasteiger partial charge in [0.05, 0.1) is 17.6 Å². The van der Waals surface area contributed by atoms with Crippen molar-refractivity contribution in [2.45, 2.75) is 75.4 Å². The molecule has 4 aliphatic heterocycles. The van der Waals surface area contributed by atoms with Gasteiger partial charge in [-0.1, -0.05) is 30.8 Å². The molecule has 0 N–H and O–H groups in total. The highest BCUT2D eigenvalue weighted by molar-refractivity contribution is 5.95. The lowest BCUT2D eigenvalue weighted by atomic mass is 9.85. The van der Waals surface area contributed by atoms with Crippen molar-refractivity contribution >= 4 is 22.6 Å². The van der Waals surface area contributed by atoms with Crippen LogP contribution in [0, 0.1) is 5.82 Å². The molecule has 0 spiro atoms. The summed E-state index contributed by atoms with van der Waals surface area (Å²) >= 11 is 0. The minimum absolute atomic E-state index is 0.00486. The topological polar surface area (TPSA) is 61.8 Å². The van der Waals surface area contributed by atoms with Gasteiger partial charge >= 0.3 is 6.01 Å². The number of nitrogens with zero attached hydrogens (tertiary/aromatic N) is 5. The molecule has 0 radical (unpaired) electrons. The highest BCUT2D eigenvalue weighted by Gasteiger charge is 2.50. The summed E-state index contributed by atoms with van der Waals surface area (Å²) in [4.78, 5) is 28.2. The molecule has 5 aliphatic rings. The standard InChI is InChI=1S/C34H37F2N5O2/c1-21(35)32(42)40-18-13-27-28(40)19-41(27)31-26-12-11-25(24-10-4-8-22-7-2-3-9-23(22)24)29(36)30(26)37-33(38-31)43-20-34-14-5-16-39(34)17-6-15-34/h4,8,10-12,27-28H,1-3,5-7,9,13-20H2/t27?,28-/m1/s1. The molecule has 5 heterocycles. The Hall–Kier alpha value is -3.59. The third kappa shape index (κ3) is 4.25. The number of hydrogen-bond donors (Lipinski definition) is 0. The van der Waals surface area contributed by atoms with Crippen molar-refractivity contribution in [3.63, 3.8) is 0 Å². The zero-order valence-corrected chi connectivity index (χ0v) is 24.5. The smallest absolute Gasteiger partial charge is 0.319 e. The molecule has 1 aromatic heterocycles. The molecule has 3 aromatic rings. The van der Waals surface area contributed by atoms with E-state index >= 15 is 4.39 Å². The number of fused-ring (bicyclic) bond motifs is 4. The van der Waals surface area contributed by atoms with Gasteiger partial charge in [0.2, 0.25) is 0 Å². The number of benzene rings is 2. The fourth-order valence-electron chi connectivity index (χ4n) is 8.58. The van der Waals surface area contributed by atoms with E-state index in [4.69, 9.17) is 14.7 Å². The molecule has 0 saturated carbocycles. The van der Waals surface area contributed by atoms with Crippen LogP contribution in [0.4, 0.5) is 14.6 Å². The van der Waals surface area contributed by atoms with Crippen LogP contribution in [0.2, 0.25) is 0 Å². The zero-order valence-electron chi connectivity index (χ0n) is 24.5. The van der Waals surface area contributed by atoms with Gasteiger partial charge < -0.3 is 14.5 Å². The molecule has 9 heteroatoms. The van der Waals surface area contributed by atoms with E-state index in [-0.39, 0.29) is 35.0 Å². The van der Waals surface area contributed by atoms with Crippen LogP contribution in [0.5, 0.6) is 6.01 Å². The number of aryl methyl sites for hydroxylation is 1. The lowest BCUT2D eigenvalue weighted by Gasteiger charge is -2.47. The fraction of sp³-hybridized carbons (Fsp3) is 0.500. The van der Waals surface area contributed by atoms with Crippen LogP contribution in [0.15, 0.2) is 42.7 Å². The lowest BCUT2D eigenvalue weighted by molar-refractivity contribution is -0.130. The van der Waals surface area contributed by atoms with Crippen LogP contribution >= 0.6 is 0 Å². The van der Waals surface area contributed by atoms with Gasteiger partial charge in [-0.25, -0.2) is 8.78 Å². The predicted octanol–water partition coefficient (Wildman–Crippen LogP) is 5.59. The third-order valence-corrected chi connectivity index (χ3v) is 10.8. The molecule has 43 heavy (non-hydrogen) atoms. The van der Waals surface area contributed by atoms with E-state index in [2.05, 4.69) is 22.4 Å². The first-order valence-corrected chi connectivity index (χ1v) is 15.8. The molecule has 2 atom stereocenters. The quantitative estimate of drug-likeness (QED) is 0.352. The molecular formula is C34H37F2N5O2. The Morgan fingerprint density at radius 3 is 2.63 bits per heavy atom. The Morgan fingerprint density at radius 1 is 1.00 bits per heavy atom. The van der Waals surface area contributed by atoms with Crippen LogP contribution in [-0.2, 0) is 17.6 Å². The van der Waals surface area contributed by atoms with Crippen LogP contribution in [0.25, 0.3) is 22.0 Å². The number of halogens is 2. The van der Waals surface area contributed by atoms with Crippen molar-refractivity contribution in [1.29, 1.82) is 0 Å². The second kappa shape index (κ2) is 10.3. The predicted molar refractivity (Wildman–Crippen MR) is 161 cm³/mol. The maximum absolute atomic E-state index is 16.7. The summed E-state index contributed by atoms with van der Waals surface area (Å²) in [5, 5.41) is 0.623. The highest BCUT2D eigenvalue weighted by Crippen LogP contribution is 2.43. The second-order valence-corrected chi connectivity index (χ2v) is 13.0. The first-order valence-electron chi connectivity index (χ1n) is 15.8. The number of carbonyl (C=O) groups excluding carboxylic acids is 1. The molecule has 1 aliphatic carbocycles. The van der Waals surface area contributed by atoms with Crippen LogP contribution in [0.3, 0.4) is 0 Å². The van der Waals surface area contributed by atoms with E-state index in [9.17, 15) is 9.18 Å². The Morgan fingerprint density at radius 2 is 1.81 bits per heavy atom. The number of ether oxygens (including phenoxy) is 1. The Balaban J connectivity index is 1.19. The summed E-state index contributed by atoms with van der Waals surface area (Å²) in [7, 11) is 0. The minimum Gasteiger partial charge on any atom is -0.461 e.